The van der Waals surface area contributed by atoms with Crippen LogP contribution in [0.1, 0.15) is 102 Å². The van der Waals surface area contributed by atoms with Crippen molar-refractivity contribution >= 4 is 24.3 Å². The molecule has 6 N–H and O–H groups in total. The second-order valence-corrected chi connectivity index (χ2v) is 14.5. The number of ether oxygens (including phenoxy) is 2. The molecule has 0 fully saturated rings. The molecule has 14 heteroatoms. The minimum absolute atomic E-state index is 0.00103. The molecule has 0 bridgehead atoms. The minimum atomic E-state index is -0.530. The average molecular weight is 711 g/mol. The molecule has 1 aromatic carbocycles. The van der Waals surface area contributed by atoms with Crippen LogP contribution in [-0.2, 0) is 10.8 Å². The molecule has 52 heavy (non-hydrogen) atoms. The monoisotopic (exact) mass is 710 g/mol. The zero-order chi connectivity index (χ0) is 37.8. The summed E-state index contributed by atoms with van der Waals surface area (Å²) in [5.74, 6) is 0.743. The van der Waals surface area contributed by atoms with Gasteiger partial charge in [0.15, 0.2) is 0 Å². The zero-order valence-corrected chi connectivity index (χ0v) is 30.8. The third kappa shape index (κ3) is 8.50. The molecular weight excluding hydrogens is 664 g/mol. The molecule has 4 aromatic heterocycles. The van der Waals surface area contributed by atoms with Gasteiger partial charge in [-0.1, -0.05) is 55.4 Å². The van der Waals surface area contributed by atoms with Gasteiger partial charge in [-0.2, -0.15) is 0 Å². The summed E-state index contributed by atoms with van der Waals surface area (Å²) >= 11 is 0. The Balaban J connectivity index is 1.64. The topological polar surface area (TPSA) is 207 Å². The smallest absolute Gasteiger partial charge is 0.272 e. The molecule has 0 unspecified atom stereocenters. The Morgan fingerprint density at radius 3 is 1.19 bits per heavy atom. The fourth-order valence-corrected chi connectivity index (χ4v) is 5.50. The summed E-state index contributed by atoms with van der Waals surface area (Å²) < 4.78 is 12.1. The summed E-state index contributed by atoms with van der Waals surface area (Å²) in [4.78, 5) is 78.5. The van der Waals surface area contributed by atoms with Crippen LogP contribution in [0.4, 0.5) is 0 Å². The third-order valence-corrected chi connectivity index (χ3v) is 8.04. The number of benzene rings is 1. The number of nitrogens with one attached hydrogen (secondary N) is 6. The van der Waals surface area contributed by atoms with Gasteiger partial charge in [-0.05, 0) is 49.3 Å². The predicted molar refractivity (Wildman–Crippen MR) is 201 cm³/mol. The van der Waals surface area contributed by atoms with E-state index in [2.05, 4.69) is 39.9 Å². The van der Waals surface area contributed by atoms with Crippen LogP contribution in [0.2, 0.25) is 0 Å². The summed E-state index contributed by atoms with van der Waals surface area (Å²) in [5.41, 5.74) is 1.04. The number of hydrogen-bond acceptors (Lipinski definition) is 8. The molecular formula is C38H46N8O6. The van der Waals surface area contributed by atoms with Crippen molar-refractivity contribution in [3.05, 3.63) is 122 Å². The van der Waals surface area contributed by atoms with Gasteiger partial charge in [-0.3, -0.25) is 19.2 Å². The van der Waals surface area contributed by atoms with Gasteiger partial charge in [0.05, 0.1) is 37.3 Å². The van der Waals surface area contributed by atoms with E-state index in [4.69, 9.17) is 9.47 Å². The largest absolute Gasteiger partial charge is 0.493 e. The van der Waals surface area contributed by atoms with Crippen LogP contribution in [-0.4, -0.2) is 53.1 Å². The highest BCUT2D eigenvalue weighted by Crippen LogP contribution is 2.31. The van der Waals surface area contributed by atoms with Gasteiger partial charge in [-0.25, -0.2) is 9.97 Å². The Morgan fingerprint density at radius 1 is 0.558 bits per heavy atom. The van der Waals surface area contributed by atoms with Gasteiger partial charge in [0, 0.05) is 33.3 Å². The van der Waals surface area contributed by atoms with Gasteiger partial charge < -0.3 is 39.4 Å². The molecule has 0 saturated carbocycles. The van der Waals surface area contributed by atoms with E-state index in [0.717, 1.165) is 11.4 Å². The highest BCUT2D eigenvalue weighted by molar-refractivity contribution is 5.67. The summed E-state index contributed by atoms with van der Waals surface area (Å²) in [5, 5.41) is 0.111. The van der Waals surface area contributed by atoms with E-state index >= 15 is 0 Å². The first-order chi connectivity index (χ1) is 24.6. The number of nitrogens with zero attached hydrogens (tertiary/aromatic N) is 2. The molecule has 4 heterocycles. The second-order valence-electron chi connectivity index (χ2n) is 14.5. The van der Waals surface area contributed by atoms with Crippen molar-refractivity contribution in [2.75, 3.05) is 13.2 Å². The molecule has 5 rings (SSSR count). The minimum Gasteiger partial charge on any atom is -0.493 e. The Bertz CT molecular complexity index is 2390. The maximum absolute atomic E-state index is 13.3. The zero-order valence-electron chi connectivity index (χ0n) is 30.8. The first kappa shape index (κ1) is 37.3. The van der Waals surface area contributed by atoms with Gasteiger partial charge in [0.25, 0.3) is 22.2 Å². The Hall–Kier alpha value is -5.92. The summed E-state index contributed by atoms with van der Waals surface area (Å²) in [6, 6.07) is 3.34. The Kier molecular flexibility index (Phi) is 10.9. The van der Waals surface area contributed by atoms with Crippen molar-refractivity contribution in [2.24, 2.45) is 0 Å². The van der Waals surface area contributed by atoms with E-state index in [1.165, 1.54) is 24.3 Å². The molecule has 0 saturated heterocycles. The lowest BCUT2D eigenvalue weighted by atomic mass is 9.90. The molecule has 0 amide bonds. The van der Waals surface area contributed by atoms with Crippen molar-refractivity contribution in [3.63, 3.8) is 0 Å². The fourth-order valence-electron chi connectivity index (χ4n) is 5.50. The standard InChI is InChI=1S/C38H46N8O6/c1-9-11-51-29-15-22(14-26-34(48)46-28(36(50)44-26)18-24-32(38(6,7)8)42-20-40-24)30(52-12-10-2)16-21(29)13-25-33(47)45-27(35(49)43-25)17-23-31(37(3,4)5)41-19-39-23/h13-20H,9-12H2,1-8H3,(H,39,41)(H,40,42)(H,43,49)(H,44,50)(H,45,47)(H,46,48)/b25-13-,26-14-,27-17-,28-18-. The molecule has 5 aromatic rings. The van der Waals surface area contributed by atoms with E-state index in [9.17, 15) is 19.2 Å². The molecule has 0 aliphatic heterocycles. The van der Waals surface area contributed by atoms with Gasteiger partial charge in [-0.15, -0.1) is 0 Å². The number of hydrogen-bond donors (Lipinski definition) is 6. The van der Waals surface area contributed by atoms with Crippen LogP contribution in [0.25, 0.3) is 24.3 Å². The molecule has 0 aliphatic rings. The SMILES string of the molecule is CCCOc1cc(/C=c2\[nH]c(=O)/c(=C/c3nc[nH]c3C(C)(C)C)[nH]c2=O)c(OCCC)cc1/C=c1\[nH]c(=O)/c(=C/c2nc[nH]c2C(C)(C)C)[nH]c1=O. The average Bonchev–Trinajstić information content (AvgIpc) is 3.75. The molecule has 0 aliphatic carbocycles. The fraction of sp³-hybridized carbons (Fsp3) is 0.368. The van der Waals surface area contributed by atoms with E-state index in [1.54, 1.807) is 24.8 Å². The lowest BCUT2D eigenvalue weighted by molar-refractivity contribution is 0.307. The highest BCUT2D eigenvalue weighted by Gasteiger charge is 2.20. The second kappa shape index (κ2) is 15.1. The highest BCUT2D eigenvalue weighted by atomic mass is 16.5. The number of H-pyrrole nitrogens is 6. The van der Waals surface area contributed by atoms with Gasteiger partial charge in [0.2, 0.25) is 0 Å². The van der Waals surface area contributed by atoms with E-state index in [1.807, 2.05) is 55.4 Å². The maximum Gasteiger partial charge on any atom is 0.272 e. The van der Waals surface area contributed by atoms with Crippen LogP contribution < -0.4 is 53.1 Å². The van der Waals surface area contributed by atoms with Gasteiger partial charge >= 0.3 is 0 Å². The van der Waals surface area contributed by atoms with Crippen molar-refractivity contribution < 1.29 is 9.47 Å². The number of imidazole rings is 2. The van der Waals surface area contributed by atoms with Crippen molar-refractivity contribution in [2.45, 2.75) is 79.1 Å². The normalized spacial score (nSPS) is 13.7. The number of aromatic nitrogens is 8. The quantitative estimate of drug-likeness (QED) is 0.125. The lowest BCUT2D eigenvalue weighted by Gasteiger charge is -2.16. The van der Waals surface area contributed by atoms with Crippen LogP contribution in [0.5, 0.6) is 11.5 Å². The summed E-state index contributed by atoms with van der Waals surface area (Å²) in [6.45, 7) is 16.7. The van der Waals surface area contributed by atoms with E-state index < -0.39 is 22.2 Å². The lowest BCUT2D eigenvalue weighted by Crippen LogP contribution is -2.47. The van der Waals surface area contributed by atoms with Crippen LogP contribution in [0.3, 0.4) is 0 Å². The summed E-state index contributed by atoms with van der Waals surface area (Å²) in [7, 11) is 0. The first-order valence-electron chi connectivity index (χ1n) is 17.2. The predicted octanol–water partition coefficient (Wildman–Crippen LogP) is 1.37. The summed E-state index contributed by atoms with van der Waals surface area (Å²) in [6.07, 6.45) is 10.6. The van der Waals surface area contributed by atoms with E-state index in [0.29, 0.717) is 60.1 Å². The number of aromatic amines is 6. The van der Waals surface area contributed by atoms with Crippen molar-refractivity contribution in [3.8, 4) is 11.5 Å². The molecule has 0 spiro atoms. The van der Waals surface area contributed by atoms with Crippen molar-refractivity contribution in [1.82, 2.24) is 39.9 Å². The Morgan fingerprint density at radius 2 is 0.885 bits per heavy atom. The maximum atomic E-state index is 13.3. The van der Waals surface area contributed by atoms with Crippen LogP contribution in [0, 0.1) is 0 Å². The van der Waals surface area contributed by atoms with E-state index in [-0.39, 0.29) is 32.2 Å². The Labute approximate surface area is 298 Å². The van der Waals surface area contributed by atoms with Gasteiger partial charge in [0.1, 0.15) is 32.9 Å². The number of rotatable bonds is 10. The van der Waals surface area contributed by atoms with Crippen LogP contribution >= 0.6 is 0 Å². The van der Waals surface area contributed by atoms with Crippen molar-refractivity contribution in [1.29, 1.82) is 0 Å². The molecule has 274 valence electrons. The first-order valence-corrected chi connectivity index (χ1v) is 17.2. The molecule has 14 nitrogen and oxygen atoms in total. The molecule has 0 atom stereocenters. The molecule has 0 radical (unpaired) electrons. The van der Waals surface area contributed by atoms with Crippen LogP contribution in [0.15, 0.2) is 44.0 Å². The third-order valence-electron chi connectivity index (χ3n) is 8.04.